The number of hydrogen-bond donors (Lipinski definition) is 1. The quantitative estimate of drug-likeness (QED) is 0.826. The molecule has 0 fully saturated rings. The summed E-state index contributed by atoms with van der Waals surface area (Å²) in [4.78, 5) is 13.4. The number of nitrogens with one attached hydrogen (secondary N) is 1. The van der Waals surface area contributed by atoms with Crippen LogP contribution in [0.3, 0.4) is 0 Å². The van der Waals surface area contributed by atoms with E-state index in [9.17, 15) is 4.79 Å². The van der Waals surface area contributed by atoms with Gasteiger partial charge in [-0.05, 0) is 25.1 Å². The normalized spacial score (nSPS) is 10.1. The predicted molar refractivity (Wildman–Crippen MR) is 70.8 cm³/mol. The Hall–Kier alpha value is -1.86. The standard InChI is InChI=1S/C14H19N3O/c1-3-8-16-14(18)11-17(2)10-13-7-5-4-6-12(13)9-15/h4-7H,3,8,10-11H2,1-2H3,(H,16,18). The molecule has 0 unspecified atom stereocenters. The van der Waals surface area contributed by atoms with Crippen molar-refractivity contribution in [1.29, 1.82) is 5.26 Å². The lowest BCUT2D eigenvalue weighted by Crippen LogP contribution is -2.35. The van der Waals surface area contributed by atoms with Crippen molar-refractivity contribution in [2.24, 2.45) is 0 Å². The highest BCUT2D eigenvalue weighted by Gasteiger charge is 2.08. The van der Waals surface area contributed by atoms with Crippen molar-refractivity contribution in [3.63, 3.8) is 0 Å². The SMILES string of the molecule is CCCNC(=O)CN(C)Cc1ccccc1C#N. The number of likely N-dealkylation sites (N-methyl/N-ethyl adjacent to an activating group) is 1. The van der Waals surface area contributed by atoms with Gasteiger partial charge in [-0.3, -0.25) is 9.69 Å². The fourth-order valence-corrected chi connectivity index (χ4v) is 1.68. The van der Waals surface area contributed by atoms with Crippen molar-refractivity contribution < 1.29 is 4.79 Å². The number of carbonyl (C=O) groups is 1. The first kappa shape index (κ1) is 14.2. The molecule has 0 atom stereocenters. The average molecular weight is 245 g/mol. The first-order valence-electron chi connectivity index (χ1n) is 6.10. The van der Waals surface area contributed by atoms with Crippen molar-refractivity contribution in [3.8, 4) is 6.07 Å². The van der Waals surface area contributed by atoms with E-state index in [0.717, 1.165) is 12.0 Å². The van der Waals surface area contributed by atoms with E-state index in [1.165, 1.54) is 0 Å². The Balaban J connectivity index is 2.52. The Morgan fingerprint density at radius 3 is 2.83 bits per heavy atom. The van der Waals surface area contributed by atoms with Crippen LogP contribution in [-0.2, 0) is 11.3 Å². The number of hydrogen-bond acceptors (Lipinski definition) is 3. The van der Waals surface area contributed by atoms with E-state index in [2.05, 4.69) is 11.4 Å². The summed E-state index contributed by atoms with van der Waals surface area (Å²) in [6, 6.07) is 9.62. The number of nitrogens with zero attached hydrogens (tertiary/aromatic N) is 2. The van der Waals surface area contributed by atoms with E-state index in [-0.39, 0.29) is 5.91 Å². The maximum Gasteiger partial charge on any atom is 0.234 e. The van der Waals surface area contributed by atoms with Crippen LogP contribution in [0.5, 0.6) is 0 Å². The van der Waals surface area contributed by atoms with Crippen LogP contribution in [0.4, 0.5) is 0 Å². The lowest BCUT2D eigenvalue weighted by Gasteiger charge is -2.16. The maximum atomic E-state index is 11.5. The molecule has 0 saturated heterocycles. The van der Waals surface area contributed by atoms with E-state index >= 15 is 0 Å². The van der Waals surface area contributed by atoms with Gasteiger partial charge in [0.1, 0.15) is 0 Å². The Labute approximate surface area is 108 Å². The largest absolute Gasteiger partial charge is 0.355 e. The first-order chi connectivity index (χ1) is 8.67. The summed E-state index contributed by atoms with van der Waals surface area (Å²) in [6.45, 7) is 3.68. The van der Waals surface area contributed by atoms with E-state index in [1.54, 1.807) is 6.07 Å². The van der Waals surface area contributed by atoms with Gasteiger partial charge in [-0.2, -0.15) is 5.26 Å². The minimum atomic E-state index is 0.0220. The zero-order valence-electron chi connectivity index (χ0n) is 10.9. The number of benzene rings is 1. The topological polar surface area (TPSA) is 56.1 Å². The van der Waals surface area contributed by atoms with E-state index in [0.29, 0.717) is 25.2 Å². The van der Waals surface area contributed by atoms with Gasteiger partial charge in [0, 0.05) is 13.1 Å². The number of nitriles is 1. The molecule has 96 valence electrons. The van der Waals surface area contributed by atoms with Crippen LogP contribution in [0.1, 0.15) is 24.5 Å². The molecule has 1 amide bonds. The summed E-state index contributed by atoms with van der Waals surface area (Å²) in [6.07, 6.45) is 0.937. The zero-order chi connectivity index (χ0) is 13.4. The van der Waals surface area contributed by atoms with Crippen molar-refractivity contribution in [1.82, 2.24) is 10.2 Å². The number of rotatable bonds is 6. The van der Waals surface area contributed by atoms with Gasteiger partial charge >= 0.3 is 0 Å². The minimum Gasteiger partial charge on any atom is -0.355 e. The molecule has 18 heavy (non-hydrogen) atoms. The molecule has 1 rings (SSSR count). The van der Waals surface area contributed by atoms with Crippen molar-refractivity contribution in [3.05, 3.63) is 35.4 Å². The molecule has 4 heteroatoms. The highest BCUT2D eigenvalue weighted by atomic mass is 16.2. The summed E-state index contributed by atoms with van der Waals surface area (Å²) in [5.41, 5.74) is 1.61. The molecule has 1 N–H and O–H groups in total. The van der Waals surface area contributed by atoms with Crippen LogP contribution in [-0.4, -0.2) is 30.9 Å². The second-order valence-corrected chi connectivity index (χ2v) is 4.29. The van der Waals surface area contributed by atoms with Crippen LogP contribution in [0.2, 0.25) is 0 Å². The molecule has 1 aromatic rings. The Bertz CT molecular complexity index is 437. The average Bonchev–Trinajstić information content (AvgIpc) is 2.36. The maximum absolute atomic E-state index is 11.5. The van der Waals surface area contributed by atoms with Crippen molar-refractivity contribution in [2.45, 2.75) is 19.9 Å². The van der Waals surface area contributed by atoms with Gasteiger partial charge in [0.25, 0.3) is 0 Å². The molecular formula is C14H19N3O. The van der Waals surface area contributed by atoms with Crippen LogP contribution < -0.4 is 5.32 Å². The fourth-order valence-electron chi connectivity index (χ4n) is 1.68. The van der Waals surface area contributed by atoms with Crippen LogP contribution in [0.15, 0.2) is 24.3 Å². The molecular weight excluding hydrogens is 226 g/mol. The van der Waals surface area contributed by atoms with E-state index in [1.807, 2.05) is 37.1 Å². The molecule has 0 aromatic heterocycles. The molecule has 0 aliphatic heterocycles. The molecule has 4 nitrogen and oxygen atoms in total. The summed E-state index contributed by atoms with van der Waals surface area (Å²) >= 11 is 0. The zero-order valence-corrected chi connectivity index (χ0v) is 10.9. The molecule has 0 radical (unpaired) electrons. The van der Waals surface area contributed by atoms with E-state index in [4.69, 9.17) is 5.26 Å². The Morgan fingerprint density at radius 1 is 1.44 bits per heavy atom. The van der Waals surface area contributed by atoms with E-state index < -0.39 is 0 Å². The molecule has 0 spiro atoms. The molecule has 0 aliphatic carbocycles. The van der Waals surface area contributed by atoms with Gasteiger partial charge in [0.05, 0.1) is 18.2 Å². The summed E-state index contributed by atoms with van der Waals surface area (Å²) in [5.74, 6) is 0.0220. The highest BCUT2D eigenvalue weighted by Crippen LogP contribution is 2.09. The lowest BCUT2D eigenvalue weighted by molar-refractivity contribution is -0.122. The second kappa shape index (κ2) is 7.46. The van der Waals surface area contributed by atoms with Gasteiger partial charge in [0.2, 0.25) is 5.91 Å². The molecule has 0 saturated carbocycles. The first-order valence-corrected chi connectivity index (χ1v) is 6.10. The third-order valence-electron chi connectivity index (χ3n) is 2.56. The second-order valence-electron chi connectivity index (χ2n) is 4.29. The molecule has 1 aromatic carbocycles. The number of amides is 1. The van der Waals surface area contributed by atoms with Gasteiger partial charge in [-0.15, -0.1) is 0 Å². The molecule has 0 bridgehead atoms. The highest BCUT2D eigenvalue weighted by molar-refractivity contribution is 5.77. The summed E-state index contributed by atoms with van der Waals surface area (Å²) in [5, 5.41) is 11.8. The third kappa shape index (κ3) is 4.56. The van der Waals surface area contributed by atoms with Gasteiger partial charge in [-0.1, -0.05) is 25.1 Å². The van der Waals surface area contributed by atoms with Crippen LogP contribution >= 0.6 is 0 Å². The van der Waals surface area contributed by atoms with Crippen molar-refractivity contribution in [2.75, 3.05) is 20.1 Å². The summed E-state index contributed by atoms with van der Waals surface area (Å²) < 4.78 is 0. The molecule has 0 aliphatic rings. The predicted octanol–water partition coefficient (Wildman–Crippen LogP) is 1.52. The van der Waals surface area contributed by atoms with Crippen LogP contribution in [0.25, 0.3) is 0 Å². The number of carbonyl (C=O) groups excluding carboxylic acids is 1. The fraction of sp³-hybridized carbons (Fsp3) is 0.429. The lowest BCUT2D eigenvalue weighted by atomic mass is 10.1. The molecule has 0 heterocycles. The van der Waals surface area contributed by atoms with Crippen LogP contribution in [0, 0.1) is 11.3 Å². The smallest absolute Gasteiger partial charge is 0.234 e. The van der Waals surface area contributed by atoms with Gasteiger partial charge < -0.3 is 5.32 Å². The van der Waals surface area contributed by atoms with Gasteiger partial charge in [-0.25, -0.2) is 0 Å². The van der Waals surface area contributed by atoms with Gasteiger partial charge in [0.15, 0.2) is 0 Å². The van der Waals surface area contributed by atoms with Crippen molar-refractivity contribution >= 4 is 5.91 Å². The third-order valence-corrected chi connectivity index (χ3v) is 2.56. The summed E-state index contributed by atoms with van der Waals surface area (Å²) in [7, 11) is 1.87. The minimum absolute atomic E-state index is 0.0220. The Kier molecular flexibility index (Phi) is 5.89. The Morgan fingerprint density at radius 2 is 2.17 bits per heavy atom. The monoisotopic (exact) mass is 245 g/mol.